The Bertz CT molecular complexity index is 129. The summed E-state index contributed by atoms with van der Waals surface area (Å²) in [7, 11) is 0. The van der Waals surface area contributed by atoms with Crippen molar-refractivity contribution in [3.05, 3.63) is 0 Å². The second-order valence-corrected chi connectivity index (χ2v) is 1.04. The Balaban J connectivity index is 4.75. The molecular formula is C3H6ClI. The molecule has 0 amide bonds. The molecule has 0 fully saturated rings. The van der Waals surface area contributed by atoms with E-state index in [0.29, 0.717) is 0 Å². The normalized spacial score (nSPS) is 34.8. The third kappa shape index (κ3) is 5.02. The Hall–Kier alpha value is 1.02. The molecule has 0 aliphatic rings. The lowest BCUT2D eigenvalue weighted by Crippen LogP contribution is -1.69. The van der Waals surface area contributed by atoms with Crippen LogP contribution in [-0.2, 0) is 0 Å². The van der Waals surface area contributed by atoms with Crippen LogP contribution in [0.3, 0.4) is 0 Å². The van der Waals surface area contributed by atoms with Gasteiger partial charge >= 0.3 is 0 Å². The first-order chi connectivity index (χ1) is 4.50. The maximum atomic E-state index is 7.01. The minimum atomic E-state index is -2.71. The zero-order valence-corrected chi connectivity index (χ0v) is 5.17. The summed E-state index contributed by atoms with van der Waals surface area (Å²) in [4.78, 5) is 0. The number of rotatable bonds is 2. The number of alkyl halides is 2. The molecule has 0 rings (SSSR count). The quantitative estimate of drug-likeness (QED) is 0.483. The van der Waals surface area contributed by atoms with Gasteiger partial charge in [-0.15, -0.1) is 11.6 Å². The second-order valence-electron chi connectivity index (χ2n) is 0.314. The van der Waals surface area contributed by atoms with E-state index >= 15 is 0 Å². The van der Waals surface area contributed by atoms with E-state index in [1.165, 1.54) is 22.6 Å². The molecule has 0 unspecified atom stereocenters. The number of halogens is 2. The lowest BCUT2D eigenvalue weighted by atomic mass is 10.6. The molecule has 0 saturated carbocycles. The summed E-state index contributed by atoms with van der Waals surface area (Å²) in [5.74, 6) is -2.70. The van der Waals surface area contributed by atoms with Gasteiger partial charge in [0, 0.05) is 18.4 Å². The fourth-order valence-corrected chi connectivity index (χ4v) is 0.359. The van der Waals surface area contributed by atoms with Crippen LogP contribution in [0.1, 0.15) is 14.6 Å². The molecule has 0 N–H and O–H groups in total. The fourth-order valence-electron chi connectivity index (χ4n) is 0.0179. The van der Waals surface area contributed by atoms with Gasteiger partial charge in [0.2, 0.25) is 0 Å². The minimum Gasteiger partial charge on any atom is -0.127 e. The fraction of sp³-hybridized carbons (Fsp3) is 1.00. The summed E-state index contributed by atoms with van der Waals surface area (Å²) >= 11 is 6.20. The second kappa shape index (κ2) is 5.02. The molecule has 0 aliphatic heterocycles. The SMILES string of the molecule is [2H]C([2H])(Cl)C([2H])([2H])C([2H])([2H])I. The molecule has 0 bridgehead atoms. The highest BCUT2D eigenvalue weighted by atomic mass is 127. The average Bonchev–Trinajstić information content (AvgIpc) is 1.58. The van der Waals surface area contributed by atoms with E-state index in [9.17, 15) is 0 Å². The smallest absolute Gasteiger partial charge is 0.0435 e. The van der Waals surface area contributed by atoms with Crippen LogP contribution in [0.15, 0.2) is 0 Å². The van der Waals surface area contributed by atoms with Crippen LogP contribution < -0.4 is 0 Å². The van der Waals surface area contributed by atoms with E-state index in [1.54, 1.807) is 0 Å². The summed E-state index contributed by atoms with van der Waals surface area (Å²) in [6.45, 7) is 0. The molecule has 5 heavy (non-hydrogen) atoms. The van der Waals surface area contributed by atoms with Gasteiger partial charge in [-0.1, -0.05) is 22.6 Å². The Morgan fingerprint density at radius 3 is 2.60 bits per heavy atom. The lowest BCUT2D eigenvalue weighted by Gasteiger charge is -1.75. The molecule has 0 nitrogen and oxygen atoms in total. The molecule has 2 heteroatoms. The van der Waals surface area contributed by atoms with Gasteiger partial charge < -0.3 is 0 Å². The summed E-state index contributed by atoms with van der Waals surface area (Å²) in [5.41, 5.74) is 0. The molecule has 0 aliphatic carbocycles. The Labute approximate surface area is 59.5 Å². The third-order valence-corrected chi connectivity index (χ3v) is 0.459. The molecular weight excluding hydrogens is 198 g/mol. The van der Waals surface area contributed by atoms with Crippen LogP contribution in [0, 0.1) is 0 Å². The highest BCUT2D eigenvalue weighted by Gasteiger charge is 1.71. The zero-order chi connectivity index (χ0) is 9.50. The van der Waals surface area contributed by atoms with E-state index in [1.807, 2.05) is 0 Å². The van der Waals surface area contributed by atoms with Crippen molar-refractivity contribution in [2.45, 2.75) is 6.37 Å². The molecule has 0 saturated heterocycles. The van der Waals surface area contributed by atoms with Crippen molar-refractivity contribution >= 4 is 34.2 Å². The molecule has 0 aromatic heterocycles. The van der Waals surface area contributed by atoms with E-state index < -0.39 is 16.6 Å². The van der Waals surface area contributed by atoms with Crippen molar-refractivity contribution in [1.82, 2.24) is 0 Å². The van der Waals surface area contributed by atoms with Crippen molar-refractivity contribution in [1.29, 1.82) is 0 Å². The van der Waals surface area contributed by atoms with E-state index in [4.69, 9.17) is 19.8 Å². The first-order valence-corrected chi connectivity index (χ1v) is 2.33. The maximum Gasteiger partial charge on any atom is 0.0435 e. The Morgan fingerprint density at radius 2 is 2.60 bits per heavy atom. The van der Waals surface area contributed by atoms with Gasteiger partial charge in [0.25, 0.3) is 0 Å². The molecule has 0 aromatic carbocycles. The molecule has 0 aromatic rings. The molecule has 0 radical (unpaired) electrons. The van der Waals surface area contributed by atoms with Crippen LogP contribution in [-0.4, -0.2) is 10.2 Å². The predicted molar refractivity (Wildman–Crippen MR) is 34.2 cm³/mol. The molecule has 0 heterocycles. The van der Waals surface area contributed by atoms with Crippen LogP contribution >= 0.6 is 34.2 Å². The predicted octanol–water partition coefficient (Wildman–Crippen LogP) is 2.05. The molecule has 0 spiro atoms. The first kappa shape index (κ1) is 1.25. The number of hydrogen-bond acceptors (Lipinski definition) is 0. The summed E-state index contributed by atoms with van der Waals surface area (Å²) in [5, 5.41) is 0. The largest absolute Gasteiger partial charge is 0.127 e. The topological polar surface area (TPSA) is 0 Å². The van der Waals surface area contributed by atoms with Crippen molar-refractivity contribution in [3.8, 4) is 0 Å². The van der Waals surface area contributed by atoms with Crippen molar-refractivity contribution in [2.75, 3.05) is 10.2 Å². The standard InChI is InChI=1S/C3H6ClI/c4-2-1-3-5/h1-3H2/i1D2,2D2,3D2. The van der Waals surface area contributed by atoms with Crippen LogP contribution in [0.2, 0.25) is 0 Å². The highest BCUT2D eigenvalue weighted by Crippen LogP contribution is 1.88. The molecule has 32 valence electrons. The summed E-state index contributed by atoms with van der Waals surface area (Å²) < 4.78 is 39.2. The zero-order valence-electron chi connectivity index (χ0n) is 8.26. The van der Waals surface area contributed by atoms with Gasteiger partial charge in [0.05, 0.1) is 0 Å². The van der Waals surface area contributed by atoms with E-state index in [-0.39, 0.29) is 0 Å². The maximum absolute atomic E-state index is 7.01. The van der Waals surface area contributed by atoms with Gasteiger partial charge in [-0.2, -0.15) is 0 Å². The van der Waals surface area contributed by atoms with Crippen molar-refractivity contribution in [3.63, 3.8) is 0 Å². The van der Waals surface area contributed by atoms with Crippen LogP contribution in [0.25, 0.3) is 0 Å². The lowest BCUT2D eigenvalue weighted by molar-refractivity contribution is 1.14. The summed E-state index contributed by atoms with van der Waals surface area (Å²) in [6.07, 6.45) is -2.71. The van der Waals surface area contributed by atoms with Gasteiger partial charge in [0.1, 0.15) is 0 Å². The first-order valence-electron chi connectivity index (χ1n) is 3.88. The van der Waals surface area contributed by atoms with Crippen LogP contribution in [0.5, 0.6) is 0 Å². The van der Waals surface area contributed by atoms with E-state index in [0.717, 1.165) is 0 Å². The number of hydrogen-bond donors (Lipinski definition) is 0. The minimum absolute atomic E-state index is 1.18. The Morgan fingerprint density at radius 1 is 2.00 bits per heavy atom. The van der Waals surface area contributed by atoms with Crippen LogP contribution in [0.4, 0.5) is 0 Å². The Kier molecular flexibility index (Phi) is 1.25. The van der Waals surface area contributed by atoms with Crippen molar-refractivity contribution in [2.24, 2.45) is 0 Å². The highest BCUT2D eigenvalue weighted by molar-refractivity contribution is 14.1. The molecule has 0 atom stereocenters. The van der Waals surface area contributed by atoms with E-state index in [2.05, 4.69) is 0 Å². The van der Waals surface area contributed by atoms with Gasteiger partial charge in [-0.05, 0) is 6.37 Å². The van der Waals surface area contributed by atoms with Gasteiger partial charge in [-0.25, -0.2) is 0 Å². The summed E-state index contributed by atoms with van der Waals surface area (Å²) in [6, 6.07) is 0. The monoisotopic (exact) mass is 210 g/mol. The van der Waals surface area contributed by atoms with Crippen molar-refractivity contribution < 1.29 is 8.22 Å². The average molecular weight is 210 g/mol. The van der Waals surface area contributed by atoms with Gasteiger partial charge in [0.15, 0.2) is 0 Å². The van der Waals surface area contributed by atoms with Gasteiger partial charge in [-0.3, -0.25) is 0 Å². The third-order valence-electron chi connectivity index (χ3n) is 0.0945.